The average Bonchev–Trinajstić information content (AvgIpc) is 3.21. The van der Waals surface area contributed by atoms with Crippen LogP contribution < -0.4 is 10.2 Å². The normalized spacial score (nSPS) is 24.3. The maximum absolute atomic E-state index is 5.61. The van der Waals surface area contributed by atoms with Crippen LogP contribution in [-0.4, -0.2) is 43.4 Å². The molecule has 4 heteroatoms. The summed E-state index contributed by atoms with van der Waals surface area (Å²) >= 11 is 0. The fourth-order valence-corrected chi connectivity index (χ4v) is 2.40. The lowest BCUT2D eigenvalue weighted by atomic mass is 10.2. The summed E-state index contributed by atoms with van der Waals surface area (Å²) in [6.45, 7) is 5.58. The molecule has 1 aromatic rings. The molecule has 1 saturated carbocycles. The van der Waals surface area contributed by atoms with Crippen LogP contribution in [0.1, 0.15) is 18.5 Å². The Hall–Kier alpha value is -1.13. The summed E-state index contributed by atoms with van der Waals surface area (Å²) in [6, 6.07) is 7.38. The van der Waals surface area contributed by atoms with Crippen molar-refractivity contribution in [1.82, 2.24) is 10.3 Å². The third-order valence-corrected chi connectivity index (χ3v) is 3.61. The molecule has 1 atom stereocenters. The minimum absolute atomic E-state index is 0.411. The predicted molar refractivity (Wildman–Crippen MR) is 72.0 cm³/mol. The minimum atomic E-state index is 0.411. The van der Waals surface area contributed by atoms with Gasteiger partial charge in [0.1, 0.15) is 5.82 Å². The number of anilines is 1. The molecule has 2 aliphatic rings. The van der Waals surface area contributed by atoms with Gasteiger partial charge in [0.2, 0.25) is 0 Å². The number of hydrogen-bond acceptors (Lipinski definition) is 4. The van der Waals surface area contributed by atoms with Crippen LogP contribution in [0.3, 0.4) is 0 Å². The highest BCUT2D eigenvalue weighted by atomic mass is 16.5. The van der Waals surface area contributed by atoms with E-state index in [2.05, 4.69) is 27.3 Å². The topological polar surface area (TPSA) is 37.4 Å². The second kappa shape index (κ2) is 5.24. The molecule has 0 bridgehead atoms. The van der Waals surface area contributed by atoms with Crippen molar-refractivity contribution in [2.75, 3.05) is 31.2 Å². The Labute approximate surface area is 108 Å². The quantitative estimate of drug-likeness (QED) is 0.871. The van der Waals surface area contributed by atoms with Crippen molar-refractivity contribution >= 4 is 5.82 Å². The van der Waals surface area contributed by atoms with Crippen LogP contribution in [0.4, 0.5) is 5.82 Å². The van der Waals surface area contributed by atoms with E-state index in [1.165, 1.54) is 12.8 Å². The Morgan fingerprint density at radius 2 is 2.33 bits per heavy atom. The Morgan fingerprint density at radius 1 is 1.44 bits per heavy atom. The van der Waals surface area contributed by atoms with Crippen molar-refractivity contribution in [1.29, 1.82) is 0 Å². The second-order valence-corrected chi connectivity index (χ2v) is 5.24. The van der Waals surface area contributed by atoms with E-state index in [0.717, 1.165) is 43.9 Å². The zero-order chi connectivity index (χ0) is 12.4. The lowest BCUT2D eigenvalue weighted by molar-refractivity contribution is 0.0932. The van der Waals surface area contributed by atoms with Gasteiger partial charge in [0, 0.05) is 24.8 Å². The molecule has 0 radical (unpaired) electrons. The van der Waals surface area contributed by atoms with Crippen LogP contribution in [-0.2, 0) is 4.74 Å². The van der Waals surface area contributed by atoms with Gasteiger partial charge in [0.05, 0.1) is 19.3 Å². The lowest BCUT2D eigenvalue weighted by Crippen LogP contribution is -2.51. The van der Waals surface area contributed by atoms with Gasteiger partial charge >= 0.3 is 0 Å². The molecule has 2 heterocycles. The monoisotopic (exact) mass is 247 g/mol. The molecule has 2 fully saturated rings. The van der Waals surface area contributed by atoms with Crippen molar-refractivity contribution in [3.05, 3.63) is 23.9 Å². The molecule has 3 rings (SSSR count). The van der Waals surface area contributed by atoms with Gasteiger partial charge in [-0.3, -0.25) is 0 Å². The highest BCUT2D eigenvalue weighted by Crippen LogP contribution is 2.21. The first-order valence-corrected chi connectivity index (χ1v) is 6.84. The first-order chi connectivity index (χ1) is 8.83. The van der Waals surface area contributed by atoms with Gasteiger partial charge in [0.15, 0.2) is 0 Å². The Kier molecular flexibility index (Phi) is 3.48. The summed E-state index contributed by atoms with van der Waals surface area (Å²) in [7, 11) is 0. The van der Waals surface area contributed by atoms with E-state index < -0.39 is 0 Å². The maximum Gasteiger partial charge on any atom is 0.129 e. The molecule has 1 saturated heterocycles. The zero-order valence-electron chi connectivity index (χ0n) is 10.9. The summed E-state index contributed by atoms with van der Waals surface area (Å²) in [5, 5.41) is 3.59. The standard InChI is InChI=1S/C14H21N3O/c1-11-3-2-4-14(16-11)17-7-8-18-10-13(17)9-15-12-5-6-12/h2-4,12-13,15H,5-10H2,1H3. The fourth-order valence-electron chi connectivity index (χ4n) is 2.40. The van der Waals surface area contributed by atoms with Crippen LogP contribution in [0, 0.1) is 6.92 Å². The molecule has 0 amide bonds. The molecule has 0 aromatic carbocycles. The molecule has 0 spiro atoms. The molecule has 1 N–H and O–H groups in total. The SMILES string of the molecule is Cc1cccc(N2CCOCC2CNC2CC2)n1. The predicted octanol–water partition coefficient (Wildman–Crippen LogP) is 1.35. The highest BCUT2D eigenvalue weighted by molar-refractivity contribution is 5.41. The second-order valence-electron chi connectivity index (χ2n) is 5.24. The number of morpholine rings is 1. The largest absolute Gasteiger partial charge is 0.377 e. The number of rotatable bonds is 4. The number of ether oxygens (including phenoxy) is 1. The van der Waals surface area contributed by atoms with Gasteiger partial charge in [-0.1, -0.05) is 6.07 Å². The highest BCUT2D eigenvalue weighted by Gasteiger charge is 2.27. The maximum atomic E-state index is 5.61. The summed E-state index contributed by atoms with van der Waals surface area (Å²) in [5.74, 6) is 1.08. The molecule has 4 nitrogen and oxygen atoms in total. The lowest BCUT2D eigenvalue weighted by Gasteiger charge is -2.36. The van der Waals surface area contributed by atoms with Crippen molar-refractivity contribution in [3.8, 4) is 0 Å². The van der Waals surface area contributed by atoms with Gasteiger partial charge in [-0.15, -0.1) is 0 Å². The van der Waals surface area contributed by atoms with Gasteiger partial charge < -0.3 is 15.0 Å². The van der Waals surface area contributed by atoms with Crippen molar-refractivity contribution in [3.63, 3.8) is 0 Å². The van der Waals surface area contributed by atoms with Crippen molar-refractivity contribution in [2.45, 2.75) is 31.8 Å². The summed E-state index contributed by atoms with van der Waals surface area (Å²) in [5.41, 5.74) is 1.08. The first kappa shape index (κ1) is 11.9. The summed E-state index contributed by atoms with van der Waals surface area (Å²) < 4.78 is 5.61. The summed E-state index contributed by atoms with van der Waals surface area (Å²) in [6.07, 6.45) is 2.66. The van der Waals surface area contributed by atoms with Crippen molar-refractivity contribution < 1.29 is 4.74 Å². The first-order valence-electron chi connectivity index (χ1n) is 6.84. The molecular formula is C14H21N3O. The Morgan fingerprint density at radius 3 is 3.11 bits per heavy atom. The van der Waals surface area contributed by atoms with Crippen LogP contribution in [0.25, 0.3) is 0 Å². The van der Waals surface area contributed by atoms with E-state index >= 15 is 0 Å². The van der Waals surface area contributed by atoms with Crippen LogP contribution in [0.5, 0.6) is 0 Å². The Balaban J connectivity index is 1.69. The third-order valence-electron chi connectivity index (χ3n) is 3.61. The number of nitrogens with zero attached hydrogens (tertiary/aromatic N) is 2. The molecule has 18 heavy (non-hydrogen) atoms. The fraction of sp³-hybridized carbons (Fsp3) is 0.643. The van der Waals surface area contributed by atoms with Crippen molar-refractivity contribution in [2.24, 2.45) is 0 Å². The number of aryl methyl sites for hydroxylation is 1. The number of aromatic nitrogens is 1. The number of hydrogen-bond donors (Lipinski definition) is 1. The van der Waals surface area contributed by atoms with E-state index in [0.29, 0.717) is 6.04 Å². The summed E-state index contributed by atoms with van der Waals surface area (Å²) in [4.78, 5) is 7.01. The van der Waals surface area contributed by atoms with Gasteiger partial charge in [-0.25, -0.2) is 4.98 Å². The smallest absolute Gasteiger partial charge is 0.129 e. The number of nitrogens with one attached hydrogen (secondary N) is 1. The van der Waals surface area contributed by atoms with E-state index in [1.807, 2.05) is 13.0 Å². The van der Waals surface area contributed by atoms with Crippen LogP contribution in [0.15, 0.2) is 18.2 Å². The molecule has 1 aliphatic carbocycles. The minimum Gasteiger partial charge on any atom is -0.377 e. The van der Waals surface area contributed by atoms with Gasteiger partial charge in [0.25, 0.3) is 0 Å². The van der Waals surface area contributed by atoms with Crippen LogP contribution in [0.2, 0.25) is 0 Å². The van der Waals surface area contributed by atoms with Gasteiger partial charge in [-0.2, -0.15) is 0 Å². The van der Waals surface area contributed by atoms with E-state index in [1.54, 1.807) is 0 Å². The molecular weight excluding hydrogens is 226 g/mol. The average molecular weight is 247 g/mol. The van der Waals surface area contributed by atoms with E-state index in [-0.39, 0.29) is 0 Å². The Bertz CT molecular complexity index is 406. The molecule has 98 valence electrons. The van der Waals surface area contributed by atoms with Gasteiger partial charge in [-0.05, 0) is 31.9 Å². The van der Waals surface area contributed by atoms with E-state index in [9.17, 15) is 0 Å². The molecule has 1 aliphatic heterocycles. The number of pyridine rings is 1. The molecule has 1 aromatic heterocycles. The molecule has 1 unspecified atom stereocenters. The van der Waals surface area contributed by atoms with E-state index in [4.69, 9.17) is 4.74 Å². The zero-order valence-corrected chi connectivity index (χ0v) is 10.9. The van der Waals surface area contributed by atoms with Crippen LogP contribution >= 0.6 is 0 Å². The third kappa shape index (κ3) is 2.82.